The fraction of sp³-hybridized carbons (Fsp3) is 0.714. The van der Waals surface area contributed by atoms with Crippen molar-refractivity contribution < 1.29 is 5.11 Å². The summed E-state index contributed by atoms with van der Waals surface area (Å²) in [6, 6.07) is 0. The molecular weight excluding hydrogens is 216 g/mol. The van der Waals surface area contributed by atoms with Crippen LogP contribution in [-0.4, -0.2) is 5.11 Å². The second kappa shape index (κ2) is 7.86. The topological polar surface area (TPSA) is 20.2 Å². The van der Waals surface area contributed by atoms with Crippen molar-refractivity contribution in [1.29, 1.82) is 0 Å². The van der Waals surface area contributed by atoms with Gasteiger partial charge in [-0.05, 0) is 35.2 Å². The molecule has 1 atom stereocenters. The molecular formula is C14H24OS. The molecule has 0 saturated carbocycles. The molecule has 1 N–H and O–H groups in total. The minimum atomic E-state index is -0.238. The molecule has 0 saturated heterocycles. The van der Waals surface area contributed by atoms with Crippen molar-refractivity contribution in [3.8, 4) is 0 Å². The third kappa shape index (κ3) is 4.67. The summed E-state index contributed by atoms with van der Waals surface area (Å²) >= 11 is 1.68. The van der Waals surface area contributed by atoms with Crippen LogP contribution in [0.2, 0.25) is 0 Å². The number of thiophene rings is 1. The molecule has 0 aliphatic carbocycles. The molecule has 0 bridgehead atoms. The largest absolute Gasteiger partial charge is 0.388 e. The van der Waals surface area contributed by atoms with Crippen LogP contribution in [0.1, 0.15) is 69.1 Å². The average Bonchev–Trinajstić information content (AvgIpc) is 2.69. The first kappa shape index (κ1) is 13.7. The maximum absolute atomic E-state index is 10.00. The number of aliphatic hydroxyl groups excluding tert-OH is 1. The van der Waals surface area contributed by atoms with Crippen molar-refractivity contribution in [1.82, 2.24) is 0 Å². The zero-order valence-electron chi connectivity index (χ0n) is 10.5. The van der Waals surface area contributed by atoms with Crippen molar-refractivity contribution >= 4 is 11.3 Å². The van der Waals surface area contributed by atoms with Gasteiger partial charge in [0.05, 0.1) is 6.10 Å². The summed E-state index contributed by atoms with van der Waals surface area (Å²) in [5.74, 6) is 0. The van der Waals surface area contributed by atoms with E-state index in [1.54, 1.807) is 11.3 Å². The Balaban J connectivity index is 2.11. The standard InChI is InChI=1S/C14H24OS/c1-3-4-5-6-7-8-9-14(15)13-11-16-10-12(13)2/h10-11,14-15H,3-9H2,1-2H3. The van der Waals surface area contributed by atoms with E-state index in [1.165, 1.54) is 37.7 Å². The summed E-state index contributed by atoms with van der Waals surface area (Å²) in [6.07, 6.45) is 8.43. The lowest BCUT2D eigenvalue weighted by Gasteiger charge is -2.10. The Morgan fingerprint density at radius 1 is 1.12 bits per heavy atom. The number of hydrogen-bond acceptors (Lipinski definition) is 2. The molecule has 1 aromatic rings. The van der Waals surface area contributed by atoms with Gasteiger partial charge in [-0.3, -0.25) is 0 Å². The van der Waals surface area contributed by atoms with E-state index in [9.17, 15) is 5.11 Å². The zero-order chi connectivity index (χ0) is 11.8. The van der Waals surface area contributed by atoms with Crippen LogP contribution < -0.4 is 0 Å². The van der Waals surface area contributed by atoms with E-state index in [2.05, 4.69) is 24.6 Å². The normalized spacial score (nSPS) is 12.9. The van der Waals surface area contributed by atoms with E-state index < -0.39 is 0 Å². The molecule has 1 unspecified atom stereocenters. The summed E-state index contributed by atoms with van der Waals surface area (Å²) in [5.41, 5.74) is 2.38. The van der Waals surface area contributed by atoms with Crippen LogP contribution in [0.15, 0.2) is 10.8 Å². The Bertz CT molecular complexity index is 280. The first-order valence-corrected chi connectivity index (χ1v) is 7.40. The second-order valence-corrected chi connectivity index (χ2v) is 5.33. The summed E-state index contributed by atoms with van der Waals surface area (Å²) < 4.78 is 0. The molecule has 1 rings (SSSR count). The monoisotopic (exact) mass is 240 g/mol. The molecule has 0 aliphatic rings. The molecule has 0 aromatic carbocycles. The maximum Gasteiger partial charge on any atom is 0.0800 e. The van der Waals surface area contributed by atoms with Gasteiger partial charge in [-0.25, -0.2) is 0 Å². The van der Waals surface area contributed by atoms with Crippen molar-refractivity contribution in [3.63, 3.8) is 0 Å². The molecule has 1 heterocycles. The van der Waals surface area contributed by atoms with Gasteiger partial charge in [0.15, 0.2) is 0 Å². The lowest BCUT2D eigenvalue weighted by molar-refractivity contribution is 0.163. The summed E-state index contributed by atoms with van der Waals surface area (Å²) in [7, 11) is 0. The van der Waals surface area contributed by atoms with Crippen molar-refractivity contribution in [2.75, 3.05) is 0 Å². The van der Waals surface area contributed by atoms with Crippen LogP contribution in [0.5, 0.6) is 0 Å². The average molecular weight is 240 g/mol. The van der Waals surface area contributed by atoms with Crippen molar-refractivity contribution in [2.45, 2.75) is 64.9 Å². The summed E-state index contributed by atoms with van der Waals surface area (Å²) in [4.78, 5) is 0. The number of unbranched alkanes of at least 4 members (excludes halogenated alkanes) is 5. The lowest BCUT2D eigenvalue weighted by Crippen LogP contribution is -1.97. The van der Waals surface area contributed by atoms with Gasteiger partial charge in [0.25, 0.3) is 0 Å². The van der Waals surface area contributed by atoms with Gasteiger partial charge in [-0.15, -0.1) is 0 Å². The fourth-order valence-corrected chi connectivity index (χ4v) is 2.88. The Morgan fingerprint density at radius 2 is 1.81 bits per heavy atom. The molecule has 1 aromatic heterocycles. The van der Waals surface area contributed by atoms with Gasteiger partial charge in [0.1, 0.15) is 0 Å². The first-order valence-electron chi connectivity index (χ1n) is 6.46. The van der Waals surface area contributed by atoms with Crippen LogP contribution in [0.25, 0.3) is 0 Å². The van der Waals surface area contributed by atoms with Gasteiger partial charge in [0, 0.05) is 0 Å². The molecule has 0 radical (unpaired) electrons. The smallest absolute Gasteiger partial charge is 0.0800 e. The SMILES string of the molecule is CCCCCCCCC(O)c1cscc1C. The molecule has 0 fully saturated rings. The molecule has 0 spiro atoms. The van der Waals surface area contributed by atoms with Gasteiger partial charge in [-0.2, -0.15) is 11.3 Å². The Kier molecular flexibility index (Phi) is 6.74. The van der Waals surface area contributed by atoms with Crippen LogP contribution in [0.4, 0.5) is 0 Å². The van der Waals surface area contributed by atoms with Crippen LogP contribution in [0, 0.1) is 6.92 Å². The van der Waals surface area contributed by atoms with E-state index in [-0.39, 0.29) is 6.10 Å². The quantitative estimate of drug-likeness (QED) is 0.645. The van der Waals surface area contributed by atoms with Crippen LogP contribution in [0.3, 0.4) is 0 Å². The van der Waals surface area contributed by atoms with Gasteiger partial charge < -0.3 is 5.11 Å². The predicted octanol–water partition coefficient (Wildman–Crippen LogP) is 4.84. The summed E-state index contributed by atoms with van der Waals surface area (Å²) in [5, 5.41) is 14.2. The minimum absolute atomic E-state index is 0.238. The highest BCUT2D eigenvalue weighted by Gasteiger charge is 2.10. The number of hydrogen-bond donors (Lipinski definition) is 1. The summed E-state index contributed by atoms with van der Waals surface area (Å²) in [6.45, 7) is 4.32. The number of aryl methyl sites for hydroxylation is 1. The van der Waals surface area contributed by atoms with Crippen LogP contribution >= 0.6 is 11.3 Å². The maximum atomic E-state index is 10.00. The first-order chi connectivity index (χ1) is 7.75. The van der Waals surface area contributed by atoms with Crippen molar-refractivity contribution in [3.05, 3.63) is 21.9 Å². The molecule has 0 amide bonds. The predicted molar refractivity (Wildman–Crippen MR) is 72.0 cm³/mol. The van der Waals surface area contributed by atoms with E-state index in [0.29, 0.717) is 0 Å². The van der Waals surface area contributed by atoms with Gasteiger partial charge >= 0.3 is 0 Å². The Labute approximate surface area is 104 Å². The van der Waals surface area contributed by atoms with Crippen LogP contribution in [-0.2, 0) is 0 Å². The molecule has 92 valence electrons. The zero-order valence-corrected chi connectivity index (χ0v) is 11.4. The molecule has 2 heteroatoms. The Morgan fingerprint density at radius 3 is 2.44 bits per heavy atom. The third-order valence-electron chi connectivity index (χ3n) is 3.09. The van der Waals surface area contributed by atoms with E-state index >= 15 is 0 Å². The number of aliphatic hydroxyl groups is 1. The molecule has 16 heavy (non-hydrogen) atoms. The lowest BCUT2D eigenvalue weighted by atomic mass is 10.0. The minimum Gasteiger partial charge on any atom is -0.388 e. The van der Waals surface area contributed by atoms with E-state index in [4.69, 9.17) is 0 Å². The van der Waals surface area contributed by atoms with Gasteiger partial charge in [0.2, 0.25) is 0 Å². The number of rotatable bonds is 8. The third-order valence-corrected chi connectivity index (χ3v) is 3.96. The van der Waals surface area contributed by atoms with Gasteiger partial charge in [-0.1, -0.05) is 45.4 Å². The van der Waals surface area contributed by atoms with E-state index in [0.717, 1.165) is 18.4 Å². The highest BCUT2D eigenvalue weighted by atomic mass is 32.1. The highest BCUT2D eigenvalue weighted by molar-refractivity contribution is 7.08. The van der Waals surface area contributed by atoms with E-state index in [1.807, 2.05) is 0 Å². The second-order valence-electron chi connectivity index (χ2n) is 4.58. The Hall–Kier alpha value is -0.340. The van der Waals surface area contributed by atoms with Crippen molar-refractivity contribution in [2.24, 2.45) is 0 Å². The highest BCUT2D eigenvalue weighted by Crippen LogP contribution is 2.25. The fourth-order valence-electron chi connectivity index (χ4n) is 1.99. The molecule has 0 aliphatic heterocycles. The molecule has 1 nitrogen and oxygen atoms in total.